The summed E-state index contributed by atoms with van der Waals surface area (Å²) in [6.07, 6.45) is 1.56. The Balaban J connectivity index is 2.72. The van der Waals surface area contributed by atoms with Gasteiger partial charge in [0, 0.05) is 6.20 Å². The third-order valence-electron chi connectivity index (χ3n) is 0.717. The molecule has 0 atom stereocenters. The summed E-state index contributed by atoms with van der Waals surface area (Å²) in [6.45, 7) is 0. The van der Waals surface area contributed by atoms with Crippen LogP contribution in [0.3, 0.4) is 0 Å². The van der Waals surface area contributed by atoms with Crippen molar-refractivity contribution in [2.75, 3.05) is 0 Å². The molecule has 0 N–H and O–H groups in total. The van der Waals surface area contributed by atoms with E-state index in [9.17, 15) is 4.79 Å². The van der Waals surface area contributed by atoms with E-state index in [0.29, 0.717) is 5.03 Å². The van der Waals surface area contributed by atoms with Crippen LogP contribution in [-0.4, -0.2) is 15.8 Å². The minimum Gasteiger partial charge on any atom is -0.291 e. The Labute approximate surface area is 56.5 Å². The molecule has 1 heterocycles. The molecule has 0 aliphatic rings. The van der Waals surface area contributed by atoms with E-state index in [4.69, 9.17) is 0 Å². The van der Waals surface area contributed by atoms with E-state index < -0.39 is 0 Å². The van der Waals surface area contributed by atoms with Crippen molar-refractivity contribution in [1.82, 2.24) is 10.2 Å². The molecule has 0 amide bonds. The fraction of sp³-hybridized carbons (Fsp3) is 0. The summed E-state index contributed by atoms with van der Waals surface area (Å²) in [5.74, 6) is 0. The predicted molar refractivity (Wildman–Crippen MR) is 34.6 cm³/mol. The highest BCUT2D eigenvalue weighted by atomic mass is 32.2. The van der Waals surface area contributed by atoms with E-state index in [1.807, 2.05) is 0 Å². The molecular weight excluding hydrogens is 136 g/mol. The molecule has 0 fully saturated rings. The van der Waals surface area contributed by atoms with Crippen molar-refractivity contribution in [3.05, 3.63) is 18.3 Å². The van der Waals surface area contributed by atoms with Crippen molar-refractivity contribution in [2.24, 2.45) is 0 Å². The molecule has 1 aromatic heterocycles. The molecule has 4 heteroatoms. The monoisotopic (exact) mass is 140 g/mol. The fourth-order valence-corrected chi connectivity index (χ4v) is 0.750. The Morgan fingerprint density at radius 3 is 3.11 bits per heavy atom. The van der Waals surface area contributed by atoms with Crippen molar-refractivity contribution in [1.29, 1.82) is 0 Å². The second-order valence-electron chi connectivity index (χ2n) is 1.28. The van der Waals surface area contributed by atoms with Crippen LogP contribution >= 0.6 is 11.8 Å². The van der Waals surface area contributed by atoms with Crippen molar-refractivity contribution in [3.8, 4) is 0 Å². The van der Waals surface area contributed by atoms with E-state index in [1.54, 1.807) is 18.3 Å². The highest BCUT2D eigenvalue weighted by molar-refractivity contribution is 8.11. The summed E-state index contributed by atoms with van der Waals surface area (Å²) in [5, 5.41) is 7.86. The van der Waals surface area contributed by atoms with Crippen molar-refractivity contribution in [2.45, 2.75) is 5.03 Å². The minimum absolute atomic E-state index is 0.632. The quantitative estimate of drug-likeness (QED) is 0.449. The van der Waals surface area contributed by atoms with Gasteiger partial charge < -0.3 is 0 Å². The van der Waals surface area contributed by atoms with Crippen molar-refractivity contribution in [3.63, 3.8) is 0 Å². The maximum absolute atomic E-state index is 9.87. The van der Waals surface area contributed by atoms with Crippen LogP contribution in [0.25, 0.3) is 0 Å². The van der Waals surface area contributed by atoms with Gasteiger partial charge in [0.15, 0.2) is 5.62 Å². The average Bonchev–Trinajstić information content (AvgIpc) is 1.91. The van der Waals surface area contributed by atoms with Crippen LogP contribution in [0.1, 0.15) is 0 Å². The van der Waals surface area contributed by atoms with Gasteiger partial charge in [-0.25, -0.2) is 0 Å². The average molecular weight is 140 g/mol. The second kappa shape index (κ2) is 3.19. The standard InChI is InChI=1S/C5H4N2OS/c8-4-9-5-2-1-3-6-7-5/h1-4H. The van der Waals surface area contributed by atoms with Gasteiger partial charge in [-0.1, -0.05) is 0 Å². The highest BCUT2D eigenvalue weighted by Crippen LogP contribution is 2.07. The first-order valence-electron chi connectivity index (χ1n) is 2.31. The molecule has 46 valence electrons. The third kappa shape index (κ3) is 1.81. The Hall–Kier alpha value is -0.900. The molecule has 0 bridgehead atoms. The van der Waals surface area contributed by atoms with Gasteiger partial charge in [-0.15, -0.1) is 5.10 Å². The van der Waals surface area contributed by atoms with Crippen LogP contribution < -0.4 is 0 Å². The molecular formula is C5H4N2OS. The largest absolute Gasteiger partial charge is 0.291 e. The molecule has 0 radical (unpaired) electrons. The predicted octanol–water partition coefficient (Wildman–Crippen LogP) is 0.759. The van der Waals surface area contributed by atoms with Crippen LogP contribution in [0.5, 0.6) is 0 Å². The van der Waals surface area contributed by atoms with Crippen LogP contribution in [0.4, 0.5) is 0 Å². The summed E-state index contributed by atoms with van der Waals surface area (Å²) in [6, 6.07) is 3.46. The maximum Gasteiger partial charge on any atom is 0.182 e. The van der Waals surface area contributed by atoms with Crippen molar-refractivity contribution >= 4 is 17.4 Å². The number of thioether (sulfide) groups is 1. The first-order valence-corrected chi connectivity index (χ1v) is 3.19. The zero-order chi connectivity index (χ0) is 6.53. The molecule has 0 spiro atoms. The minimum atomic E-state index is 0.632. The molecule has 1 rings (SSSR count). The smallest absolute Gasteiger partial charge is 0.182 e. The fourth-order valence-electron chi connectivity index (χ4n) is 0.400. The Morgan fingerprint density at radius 1 is 1.67 bits per heavy atom. The van der Waals surface area contributed by atoms with Crippen LogP contribution in [0, 0.1) is 0 Å². The molecule has 0 aliphatic carbocycles. The SMILES string of the molecule is O=CSc1cccnn1. The molecule has 1 aromatic rings. The molecule has 0 aliphatic heterocycles. The first-order chi connectivity index (χ1) is 4.43. The van der Waals surface area contributed by atoms with Crippen molar-refractivity contribution < 1.29 is 4.79 Å². The summed E-state index contributed by atoms with van der Waals surface area (Å²) < 4.78 is 0. The summed E-state index contributed by atoms with van der Waals surface area (Å²) in [4.78, 5) is 9.87. The lowest BCUT2D eigenvalue weighted by Crippen LogP contribution is -1.80. The van der Waals surface area contributed by atoms with Crippen LogP contribution in [0.15, 0.2) is 23.4 Å². The van der Waals surface area contributed by atoms with Gasteiger partial charge in [0.1, 0.15) is 5.03 Å². The third-order valence-corrected chi connectivity index (χ3v) is 1.27. The van der Waals surface area contributed by atoms with E-state index in [2.05, 4.69) is 10.2 Å². The number of hydrogen-bond donors (Lipinski definition) is 0. The lowest BCUT2D eigenvalue weighted by atomic mass is 10.6. The van der Waals surface area contributed by atoms with Gasteiger partial charge >= 0.3 is 0 Å². The lowest BCUT2D eigenvalue weighted by Gasteiger charge is -1.85. The number of rotatable bonds is 2. The van der Waals surface area contributed by atoms with Gasteiger partial charge in [0.05, 0.1) is 0 Å². The van der Waals surface area contributed by atoms with E-state index in [0.717, 1.165) is 17.4 Å². The van der Waals surface area contributed by atoms with Crippen LogP contribution in [0.2, 0.25) is 0 Å². The highest BCUT2D eigenvalue weighted by Gasteiger charge is 1.88. The summed E-state index contributed by atoms with van der Waals surface area (Å²) in [5.41, 5.74) is 0.726. The summed E-state index contributed by atoms with van der Waals surface area (Å²) in [7, 11) is 0. The van der Waals surface area contributed by atoms with E-state index in [1.165, 1.54) is 0 Å². The zero-order valence-corrected chi connectivity index (χ0v) is 5.34. The number of aromatic nitrogens is 2. The van der Waals surface area contributed by atoms with Gasteiger partial charge in [-0.2, -0.15) is 5.10 Å². The molecule has 9 heavy (non-hydrogen) atoms. The molecule has 0 aromatic carbocycles. The summed E-state index contributed by atoms with van der Waals surface area (Å²) >= 11 is 1.02. The molecule has 3 nitrogen and oxygen atoms in total. The van der Waals surface area contributed by atoms with E-state index in [-0.39, 0.29) is 0 Å². The molecule has 0 saturated carbocycles. The van der Waals surface area contributed by atoms with Gasteiger partial charge in [0.2, 0.25) is 0 Å². The first kappa shape index (κ1) is 6.22. The molecule has 0 saturated heterocycles. The topological polar surface area (TPSA) is 42.9 Å². The van der Waals surface area contributed by atoms with Gasteiger partial charge in [0.25, 0.3) is 0 Å². The normalized spacial score (nSPS) is 8.89. The number of carbonyl (C=O) groups is 1. The van der Waals surface area contributed by atoms with Gasteiger partial charge in [-0.05, 0) is 23.9 Å². The second-order valence-corrected chi connectivity index (χ2v) is 2.12. The Bertz CT molecular complexity index is 189. The number of nitrogens with zero attached hydrogens (tertiary/aromatic N) is 2. The lowest BCUT2D eigenvalue weighted by molar-refractivity contribution is 0.570. The zero-order valence-electron chi connectivity index (χ0n) is 4.52. The van der Waals surface area contributed by atoms with Crippen LogP contribution in [-0.2, 0) is 4.79 Å². The number of carbonyl (C=O) groups excluding carboxylic acids is 1. The maximum atomic E-state index is 9.87. The Kier molecular flexibility index (Phi) is 2.21. The Morgan fingerprint density at radius 2 is 2.56 bits per heavy atom. The van der Waals surface area contributed by atoms with E-state index >= 15 is 0 Å². The number of hydrogen-bond acceptors (Lipinski definition) is 4. The van der Waals surface area contributed by atoms with Gasteiger partial charge in [-0.3, -0.25) is 4.79 Å². The molecule has 0 unspecified atom stereocenters.